The number of aliphatic hydroxyl groups excluding tert-OH is 1. The van der Waals surface area contributed by atoms with Gasteiger partial charge in [-0.15, -0.1) is 0 Å². The fraction of sp³-hybridized carbons (Fsp3) is 0.909. The van der Waals surface area contributed by atoms with Crippen LogP contribution in [0.15, 0.2) is 0 Å². The van der Waals surface area contributed by atoms with Crippen molar-refractivity contribution in [1.29, 1.82) is 0 Å². The molecule has 0 aromatic heterocycles. The summed E-state index contributed by atoms with van der Waals surface area (Å²) in [5.41, 5.74) is 5.10. The van der Waals surface area contributed by atoms with Gasteiger partial charge in [0.2, 0.25) is 0 Å². The summed E-state index contributed by atoms with van der Waals surface area (Å²) in [6, 6.07) is -0.147. The second-order valence-electron chi connectivity index (χ2n) is 5.21. The first-order valence-corrected chi connectivity index (χ1v) is 5.53. The summed E-state index contributed by atoms with van der Waals surface area (Å²) in [6.45, 7) is 9.44. The first-order chi connectivity index (χ1) is 7.11. The van der Waals surface area contributed by atoms with Crippen LogP contribution in [-0.2, 0) is 4.74 Å². The van der Waals surface area contributed by atoms with Gasteiger partial charge in [0.05, 0.1) is 6.10 Å². The zero-order valence-corrected chi connectivity index (χ0v) is 10.9. The number of aliphatic hydroxyl groups is 1. The number of nitrogens with two attached hydrogens (primary N) is 1. The molecule has 1 amide bonds. The molecular weight excluding hydrogens is 208 g/mol. The second kappa shape index (κ2) is 6.06. The average Bonchev–Trinajstić information content (AvgIpc) is 1.97. The van der Waals surface area contributed by atoms with E-state index in [1.54, 1.807) is 34.6 Å². The lowest BCUT2D eigenvalue weighted by Crippen LogP contribution is -2.45. The molecule has 0 aliphatic heterocycles. The van der Waals surface area contributed by atoms with Crippen LogP contribution in [0.3, 0.4) is 0 Å². The molecule has 5 heteroatoms. The van der Waals surface area contributed by atoms with Crippen molar-refractivity contribution in [2.24, 2.45) is 5.73 Å². The van der Waals surface area contributed by atoms with E-state index in [9.17, 15) is 9.90 Å². The highest BCUT2D eigenvalue weighted by Gasteiger charge is 2.23. The number of rotatable bonds is 4. The van der Waals surface area contributed by atoms with Gasteiger partial charge in [0.25, 0.3) is 0 Å². The number of hydrogen-bond donors (Lipinski definition) is 2. The molecule has 5 nitrogen and oxygen atoms in total. The van der Waals surface area contributed by atoms with Crippen molar-refractivity contribution >= 4 is 6.09 Å². The molecule has 0 aromatic carbocycles. The number of nitrogens with zero attached hydrogens (tertiary/aromatic N) is 1. The van der Waals surface area contributed by atoms with Crippen LogP contribution in [0, 0.1) is 0 Å². The second-order valence-corrected chi connectivity index (χ2v) is 5.21. The molecule has 0 heterocycles. The van der Waals surface area contributed by atoms with Crippen LogP contribution in [0.2, 0.25) is 0 Å². The Bertz CT molecular complexity index is 212. The highest BCUT2D eigenvalue weighted by atomic mass is 16.6. The van der Waals surface area contributed by atoms with Gasteiger partial charge in [-0.25, -0.2) is 4.79 Å². The first-order valence-electron chi connectivity index (χ1n) is 5.53. The summed E-state index contributed by atoms with van der Waals surface area (Å²) in [7, 11) is 0. The maximum absolute atomic E-state index is 11.8. The highest BCUT2D eigenvalue weighted by molar-refractivity contribution is 5.68. The third-order valence-corrected chi connectivity index (χ3v) is 1.64. The van der Waals surface area contributed by atoms with E-state index >= 15 is 0 Å². The van der Waals surface area contributed by atoms with Crippen LogP contribution in [0.4, 0.5) is 4.79 Å². The van der Waals surface area contributed by atoms with E-state index in [-0.39, 0.29) is 12.6 Å². The molecule has 3 N–H and O–H groups in total. The Kier molecular flexibility index (Phi) is 5.75. The lowest BCUT2D eigenvalue weighted by Gasteiger charge is -2.29. The van der Waals surface area contributed by atoms with E-state index in [0.717, 1.165) is 0 Å². The lowest BCUT2D eigenvalue weighted by atomic mass is 10.2. The summed E-state index contributed by atoms with van der Waals surface area (Å²) >= 11 is 0. The van der Waals surface area contributed by atoms with E-state index in [4.69, 9.17) is 10.5 Å². The van der Waals surface area contributed by atoms with Crippen LogP contribution >= 0.6 is 0 Å². The van der Waals surface area contributed by atoms with Crippen molar-refractivity contribution in [3.8, 4) is 0 Å². The molecule has 0 aliphatic rings. The van der Waals surface area contributed by atoms with Gasteiger partial charge in [-0.1, -0.05) is 0 Å². The number of carbonyl (C=O) groups is 1. The number of hydrogen-bond acceptors (Lipinski definition) is 4. The Morgan fingerprint density at radius 3 is 2.19 bits per heavy atom. The number of ether oxygens (including phenoxy) is 1. The molecule has 0 saturated carbocycles. The van der Waals surface area contributed by atoms with Crippen molar-refractivity contribution in [1.82, 2.24) is 4.90 Å². The third-order valence-electron chi connectivity index (χ3n) is 1.64. The molecule has 0 radical (unpaired) electrons. The zero-order valence-electron chi connectivity index (χ0n) is 10.9. The summed E-state index contributed by atoms with van der Waals surface area (Å²) in [5, 5.41) is 9.29. The van der Waals surface area contributed by atoms with Crippen molar-refractivity contribution in [3.63, 3.8) is 0 Å². The maximum atomic E-state index is 11.8. The van der Waals surface area contributed by atoms with Gasteiger partial charge in [-0.2, -0.15) is 0 Å². The molecule has 2 atom stereocenters. The molecular formula is C11H24N2O3. The number of amides is 1. The maximum Gasteiger partial charge on any atom is 0.410 e. The predicted molar refractivity (Wildman–Crippen MR) is 63.1 cm³/mol. The van der Waals surface area contributed by atoms with Crippen molar-refractivity contribution in [2.75, 3.05) is 13.1 Å². The smallest absolute Gasteiger partial charge is 0.410 e. The Morgan fingerprint density at radius 2 is 1.88 bits per heavy atom. The van der Waals surface area contributed by atoms with E-state index in [1.807, 2.05) is 0 Å². The van der Waals surface area contributed by atoms with Crippen LogP contribution < -0.4 is 5.73 Å². The molecule has 0 spiro atoms. The molecule has 96 valence electrons. The molecule has 0 bridgehead atoms. The Hall–Kier alpha value is -0.810. The Morgan fingerprint density at radius 1 is 1.38 bits per heavy atom. The van der Waals surface area contributed by atoms with Crippen molar-refractivity contribution < 1.29 is 14.6 Å². The molecule has 0 fully saturated rings. The summed E-state index contributed by atoms with van der Waals surface area (Å²) in [4.78, 5) is 13.2. The molecule has 0 aromatic rings. The Labute approximate surface area is 97.6 Å². The van der Waals surface area contributed by atoms with Gasteiger partial charge >= 0.3 is 6.09 Å². The lowest BCUT2D eigenvalue weighted by molar-refractivity contribution is 0.0152. The molecule has 0 saturated heterocycles. The topological polar surface area (TPSA) is 75.8 Å². The standard InChI is InChI=1S/C11H24N2O3/c1-8(12)6-13(7-9(2)14)10(15)16-11(3,4)5/h8-9,14H,6-7,12H2,1-5H3. The van der Waals surface area contributed by atoms with Gasteiger partial charge in [-0.3, -0.25) is 0 Å². The summed E-state index contributed by atoms with van der Waals surface area (Å²) in [6.07, 6.45) is -1.03. The zero-order chi connectivity index (χ0) is 12.9. The van der Waals surface area contributed by atoms with Crippen LogP contribution in [0.1, 0.15) is 34.6 Å². The van der Waals surface area contributed by atoms with E-state index in [0.29, 0.717) is 6.54 Å². The quantitative estimate of drug-likeness (QED) is 0.756. The normalized spacial score (nSPS) is 15.4. The van der Waals surface area contributed by atoms with E-state index in [1.165, 1.54) is 4.90 Å². The SMILES string of the molecule is CC(N)CN(CC(C)O)C(=O)OC(C)(C)C. The fourth-order valence-electron chi connectivity index (χ4n) is 1.22. The fourth-order valence-corrected chi connectivity index (χ4v) is 1.22. The van der Waals surface area contributed by atoms with Crippen LogP contribution in [0.5, 0.6) is 0 Å². The average molecular weight is 232 g/mol. The highest BCUT2D eigenvalue weighted by Crippen LogP contribution is 2.10. The molecule has 16 heavy (non-hydrogen) atoms. The van der Waals surface area contributed by atoms with Crippen molar-refractivity contribution in [2.45, 2.75) is 52.4 Å². The van der Waals surface area contributed by atoms with Gasteiger partial charge < -0.3 is 20.5 Å². The predicted octanol–water partition coefficient (Wildman–Crippen LogP) is 0.952. The summed E-state index contributed by atoms with van der Waals surface area (Å²) < 4.78 is 5.22. The summed E-state index contributed by atoms with van der Waals surface area (Å²) in [5.74, 6) is 0. The Balaban J connectivity index is 4.44. The third kappa shape index (κ3) is 7.48. The van der Waals surface area contributed by atoms with E-state index < -0.39 is 17.8 Å². The minimum Gasteiger partial charge on any atom is -0.444 e. The molecule has 2 unspecified atom stereocenters. The van der Waals surface area contributed by atoms with Gasteiger partial charge in [-0.05, 0) is 34.6 Å². The van der Waals surface area contributed by atoms with Gasteiger partial charge in [0.15, 0.2) is 0 Å². The number of carbonyl (C=O) groups excluding carboxylic acids is 1. The minimum absolute atomic E-state index is 0.147. The monoisotopic (exact) mass is 232 g/mol. The molecule has 0 aliphatic carbocycles. The van der Waals surface area contributed by atoms with Crippen molar-refractivity contribution in [3.05, 3.63) is 0 Å². The van der Waals surface area contributed by atoms with Gasteiger partial charge in [0.1, 0.15) is 5.60 Å². The van der Waals surface area contributed by atoms with Gasteiger partial charge in [0, 0.05) is 19.1 Å². The molecule has 0 rings (SSSR count). The van der Waals surface area contributed by atoms with Crippen LogP contribution in [0.25, 0.3) is 0 Å². The van der Waals surface area contributed by atoms with Crippen LogP contribution in [-0.4, -0.2) is 46.9 Å². The first kappa shape index (κ1) is 15.2. The minimum atomic E-state index is -0.591. The van der Waals surface area contributed by atoms with E-state index in [2.05, 4.69) is 0 Å². The largest absolute Gasteiger partial charge is 0.444 e.